The zero-order valence-corrected chi connectivity index (χ0v) is 8.53. The van der Waals surface area contributed by atoms with Crippen LogP contribution in [0.4, 0.5) is 0 Å². The second-order valence-corrected chi connectivity index (χ2v) is 3.39. The molecule has 0 aliphatic heterocycles. The van der Waals surface area contributed by atoms with Gasteiger partial charge in [-0.05, 0) is 18.6 Å². The summed E-state index contributed by atoms with van der Waals surface area (Å²) in [6, 6.07) is 2.32. The van der Waals surface area contributed by atoms with E-state index in [4.69, 9.17) is 5.11 Å². The molecule has 0 aliphatic carbocycles. The van der Waals surface area contributed by atoms with Crippen molar-refractivity contribution in [2.45, 2.75) is 26.2 Å². The van der Waals surface area contributed by atoms with Gasteiger partial charge >= 0.3 is 0 Å². The van der Waals surface area contributed by atoms with E-state index in [1.54, 1.807) is 0 Å². The Hall–Kier alpha value is -1.71. The summed E-state index contributed by atoms with van der Waals surface area (Å²) in [7, 11) is 0. The first kappa shape index (κ1) is 11.4. The minimum atomic E-state index is -0.595. The van der Waals surface area contributed by atoms with Crippen molar-refractivity contribution >= 4 is 5.78 Å². The summed E-state index contributed by atoms with van der Waals surface area (Å²) < 4.78 is 0. The summed E-state index contributed by atoms with van der Waals surface area (Å²) in [4.78, 5) is 11.5. The molecule has 0 unspecified atom stereocenters. The molecule has 0 aliphatic rings. The Labute approximate surface area is 87.8 Å². The van der Waals surface area contributed by atoms with E-state index in [-0.39, 0.29) is 11.3 Å². The highest BCUT2D eigenvalue weighted by Gasteiger charge is 2.12. The lowest BCUT2D eigenvalue weighted by Gasteiger charge is -2.04. The van der Waals surface area contributed by atoms with Gasteiger partial charge in [0, 0.05) is 12.0 Å². The van der Waals surface area contributed by atoms with Crippen LogP contribution < -0.4 is 0 Å². The van der Waals surface area contributed by atoms with Crippen LogP contribution in [-0.4, -0.2) is 21.1 Å². The lowest BCUT2D eigenvalue weighted by Crippen LogP contribution is -1.98. The zero-order valence-electron chi connectivity index (χ0n) is 8.53. The number of benzene rings is 1. The summed E-state index contributed by atoms with van der Waals surface area (Å²) in [6.45, 7) is 1.97. The van der Waals surface area contributed by atoms with Gasteiger partial charge in [0.25, 0.3) is 0 Å². The fourth-order valence-corrected chi connectivity index (χ4v) is 1.25. The second-order valence-electron chi connectivity index (χ2n) is 3.39. The molecule has 1 aromatic rings. The van der Waals surface area contributed by atoms with Crippen LogP contribution in [0.2, 0.25) is 0 Å². The monoisotopic (exact) mass is 210 g/mol. The van der Waals surface area contributed by atoms with Crippen LogP contribution in [0, 0.1) is 0 Å². The van der Waals surface area contributed by atoms with Crippen molar-refractivity contribution in [3.63, 3.8) is 0 Å². The van der Waals surface area contributed by atoms with Gasteiger partial charge in [-0.3, -0.25) is 4.79 Å². The van der Waals surface area contributed by atoms with E-state index in [9.17, 15) is 15.0 Å². The van der Waals surface area contributed by atoms with Crippen molar-refractivity contribution in [2.75, 3.05) is 0 Å². The Balaban J connectivity index is 2.91. The molecule has 0 fully saturated rings. The summed E-state index contributed by atoms with van der Waals surface area (Å²) in [6.07, 6.45) is 2.04. The van der Waals surface area contributed by atoms with Crippen LogP contribution in [0.1, 0.15) is 36.5 Å². The summed E-state index contributed by atoms with van der Waals surface area (Å²) >= 11 is 0. The van der Waals surface area contributed by atoms with Crippen LogP contribution in [0.5, 0.6) is 17.2 Å². The van der Waals surface area contributed by atoms with Gasteiger partial charge in [-0.1, -0.05) is 13.3 Å². The van der Waals surface area contributed by atoms with E-state index in [0.717, 1.165) is 25.0 Å². The molecular weight excluding hydrogens is 196 g/mol. The number of aromatic hydroxyl groups is 3. The fraction of sp³-hybridized carbons (Fsp3) is 0.364. The molecule has 4 heteroatoms. The van der Waals surface area contributed by atoms with E-state index in [1.165, 1.54) is 0 Å². The number of carbonyl (C=O) groups is 1. The molecule has 0 heterocycles. The van der Waals surface area contributed by atoms with E-state index in [1.807, 2.05) is 6.92 Å². The van der Waals surface area contributed by atoms with E-state index < -0.39 is 17.2 Å². The van der Waals surface area contributed by atoms with E-state index >= 15 is 0 Å². The number of ketones is 1. The quantitative estimate of drug-likeness (QED) is 0.525. The molecule has 1 aromatic carbocycles. The smallest absolute Gasteiger partial charge is 0.200 e. The van der Waals surface area contributed by atoms with Gasteiger partial charge in [0.05, 0.1) is 0 Å². The third-order valence-corrected chi connectivity index (χ3v) is 2.15. The lowest BCUT2D eigenvalue weighted by molar-refractivity contribution is 0.0979. The Morgan fingerprint density at radius 1 is 1.20 bits per heavy atom. The van der Waals surface area contributed by atoms with Gasteiger partial charge in [-0.15, -0.1) is 0 Å². The molecule has 0 saturated carbocycles. The molecule has 0 spiro atoms. The number of Topliss-reactive ketones (excluding diaryl/α,β-unsaturated/α-hetero) is 1. The van der Waals surface area contributed by atoms with Crippen LogP contribution in [-0.2, 0) is 0 Å². The van der Waals surface area contributed by atoms with Crippen molar-refractivity contribution in [1.82, 2.24) is 0 Å². The maximum atomic E-state index is 11.5. The lowest BCUT2D eigenvalue weighted by atomic mass is 10.0. The normalized spacial score (nSPS) is 10.2. The first-order valence-corrected chi connectivity index (χ1v) is 4.84. The highest BCUT2D eigenvalue weighted by Crippen LogP contribution is 2.35. The third-order valence-electron chi connectivity index (χ3n) is 2.15. The number of unbranched alkanes of at least 4 members (excludes halogenated alkanes) is 1. The van der Waals surface area contributed by atoms with Crippen LogP contribution in [0.25, 0.3) is 0 Å². The number of phenolic OH excluding ortho intramolecular Hbond substituents is 3. The van der Waals surface area contributed by atoms with Crippen LogP contribution >= 0.6 is 0 Å². The van der Waals surface area contributed by atoms with Crippen LogP contribution in [0.15, 0.2) is 12.1 Å². The van der Waals surface area contributed by atoms with Gasteiger partial charge in [0.2, 0.25) is 0 Å². The van der Waals surface area contributed by atoms with Crippen molar-refractivity contribution in [2.24, 2.45) is 0 Å². The van der Waals surface area contributed by atoms with Gasteiger partial charge < -0.3 is 15.3 Å². The van der Waals surface area contributed by atoms with Gasteiger partial charge in [0.15, 0.2) is 23.0 Å². The fourth-order valence-electron chi connectivity index (χ4n) is 1.25. The van der Waals surface area contributed by atoms with Crippen molar-refractivity contribution in [3.05, 3.63) is 17.7 Å². The Bertz CT molecular complexity index is 348. The Morgan fingerprint density at radius 3 is 2.20 bits per heavy atom. The molecule has 3 N–H and O–H groups in total. The number of hydrogen-bond donors (Lipinski definition) is 3. The third kappa shape index (κ3) is 2.62. The number of hydrogen-bond acceptors (Lipinski definition) is 4. The molecule has 0 aromatic heterocycles. The first-order valence-electron chi connectivity index (χ1n) is 4.84. The zero-order chi connectivity index (χ0) is 11.4. The first-order chi connectivity index (χ1) is 7.06. The highest BCUT2D eigenvalue weighted by molar-refractivity contribution is 5.97. The number of carbonyl (C=O) groups excluding carboxylic acids is 1. The summed E-state index contributed by atoms with van der Waals surface area (Å²) in [5.41, 5.74) is 0.219. The Morgan fingerprint density at radius 2 is 1.73 bits per heavy atom. The molecular formula is C11H14O4. The average molecular weight is 210 g/mol. The largest absolute Gasteiger partial charge is 0.504 e. The maximum absolute atomic E-state index is 11.5. The standard InChI is InChI=1S/C11H14O4/c1-2-3-4-8(12)7-5-9(13)11(15)10(14)6-7/h5-6,13-15H,2-4H2,1H3. The topological polar surface area (TPSA) is 77.8 Å². The summed E-state index contributed by atoms with van der Waals surface area (Å²) in [5, 5.41) is 27.5. The van der Waals surface area contributed by atoms with Crippen molar-refractivity contribution in [1.29, 1.82) is 0 Å². The average Bonchev–Trinajstić information content (AvgIpc) is 2.21. The molecule has 1 rings (SSSR count). The summed E-state index contributed by atoms with van der Waals surface area (Å²) in [5.74, 6) is -1.70. The predicted octanol–water partition coefficient (Wildman–Crippen LogP) is 2.18. The SMILES string of the molecule is CCCCC(=O)c1cc(O)c(O)c(O)c1. The minimum absolute atomic E-state index is 0.151. The predicted molar refractivity (Wildman–Crippen MR) is 55.3 cm³/mol. The van der Waals surface area contributed by atoms with Crippen molar-refractivity contribution < 1.29 is 20.1 Å². The van der Waals surface area contributed by atoms with Crippen molar-refractivity contribution in [3.8, 4) is 17.2 Å². The van der Waals surface area contributed by atoms with E-state index in [0.29, 0.717) is 6.42 Å². The molecule has 0 amide bonds. The molecule has 4 nitrogen and oxygen atoms in total. The highest BCUT2D eigenvalue weighted by atomic mass is 16.3. The number of rotatable bonds is 4. The van der Waals surface area contributed by atoms with Gasteiger partial charge in [-0.25, -0.2) is 0 Å². The molecule has 0 saturated heterocycles. The molecule has 15 heavy (non-hydrogen) atoms. The maximum Gasteiger partial charge on any atom is 0.200 e. The molecule has 82 valence electrons. The number of phenols is 3. The second kappa shape index (κ2) is 4.68. The van der Waals surface area contributed by atoms with Gasteiger partial charge in [-0.2, -0.15) is 0 Å². The molecule has 0 atom stereocenters. The minimum Gasteiger partial charge on any atom is -0.504 e. The van der Waals surface area contributed by atoms with Crippen LogP contribution in [0.3, 0.4) is 0 Å². The molecule has 0 radical (unpaired) electrons. The van der Waals surface area contributed by atoms with Gasteiger partial charge in [0.1, 0.15) is 0 Å². The Kier molecular flexibility index (Phi) is 3.55. The van der Waals surface area contributed by atoms with E-state index in [2.05, 4.69) is 0 Å². The molecule has 0 bridgehead atoms.